The molecule has 1 aliphatic carbocycles. The van der Waals surface area contributed by atoms with E-state index in [1.54, 1.807) is 42.7 Å². The van der Waals surface area contributed by atoms with Crippen LogP contribution >= 0.6 is 0 Å². The van der Waals surface area contributed by atoms with E-state index in [1.165, 1.54) is 0 Å². The zero-order chi connectivity index (χ0) is 48.8. The van der Waals surface area contributed by atoms with E-state index in [0.29, 0.717) is 34.5 Å². The average Bonchev–Trinajstić information content (AvgIpc) is 3.42. The quantitative estimate of drug-likeness (QED) is 0.122. The minimum Gasteiger partial charge on any atom is -0.492 e. The van der Waals surface area contributed by atoms with Crippen molar-refractivity contribution in [2.45, 2.75) is 0 Å². The van der Waals surface area contributed by atoms with Gasteiger partial charge in [-0.2, -0.15) is 0 Å². The van der Waals surface area contributed by atoms with Gasteiger partial charge in [0, 0.05) is 95.9 Å². The van der Waals surface area contributed by atoms with E-state index in [2.05, 4.69) is 105 Å². The molecule has 0 saturated heterocycles. The van der Waals surface area contributed by atoms with Crippen LogP contribution in [-0.4, -0.2) is 42.7 Å². The largest absolute Gasteiger partial charge is 0.492 e. The Morgan fingerprint density at radius 2 is 0.333 bits per heavy atom. The summed E-state index contributed by atoms with van der Waals surface area (Å²) in [5.41, 5.74) is 39.5. The van der Waals surface area contributed by atoms with Gasteiger partial charge in [-0.25, -0.2) is 0 Å². The van der Waals surface area contributed by atoms with Gasteiger partial charge in [0.2, 0.25) is 0 Å². The highest BCUT2D eigenvalue weighted by atomic mass is 16.5. The molecule has 12 aromatic rings. The van der Waals surface area contributed by atoms with Gasteiger partial charge in [-0.15, -0.1) is 0 Å². The third-order valence-corrected chi connectivity index (χ3v) is 14.2. The van der Waals surface area contributed by atoms with Crippen molar-refractivity contribution in [3.8, 4) is 34.5 Å². The molecule has 0 fully saturated rings. The third-order valence-electron chi connectivity index (χ3n) is 14.2. The fraction of sp³-hybridized carbons (Fsp3) is 0.0909. The lowest BCUT2D eigenvalue weighted by Crippen LogP contribution is -2.06. The predicted molar refractivity (Wildman–Crippen MR) is 289 cm³/mol. The summed E-state index contributed by atoms with van der Waals surface area (Å²) in [5, 5.41) is 22.3. The van der Waals surface area contributed by atoms with E-state index in [4.69, 9.17) is 28.4 Å². The maximum absolute atomic E-state index is 6.05. The Morgan fingerprint density at radius 3 is 0.472 bits per heavy atom. The zero-order valence-corrected chi connectivity index (χ0v) is 39.8. The van der Waals surface area contributed by atoms with Gasteiger partial charge in [0.25, 0.3) is 0 Å². The minimum atomic E-state index is 0.652. The summed E-state index contributed by atoms with van der Waals surface area (Å²) < 4.78 is 36.3. The standard InChI is InChI=1S/C66H36O6/c1-67-61-49-25-19-37-13-7-8-15-39-21-27-51-57-45(39)33-34-47-41(23-29-53(59(47)57)65(71-5)63(51)69-3)17-11-12-18-42-24-30-54-60-48(42)36-35-46-40(22-28-52(58(46)60)64(70-4)66(54)72-6)16-10-9-14-38-20-26-50(62(61)68-2)56-44(38)32-31-43(37)55(49)56/h19-36H,1-6H3. The average molecular weight is 925 g/mol. The van der Waals surface area contributed by atoms with Crippen molar-refractivity contribution in [2.24, 2.45) is 0 Å². The van der Waals surface area contributed by atoms with Crippen molar-refractivity contribution in [3.05, 3.63) is 175 Å². The number of fused-ring (bicyclic) bond motifs is 3. The molecule has 6 nitrogen and oxygen atoms in total. The van der Waals surface area contributed by atoms with Crippen LogP contribution in [0.3, 0.4) is 0 Å². The van der Waals surface area contributed by atoms with Gasteiger partial charge in [0.15, 0.2) is 34.5 Å². The van der Waals surface area contributed by atoms with E-state index in [0.717, 1.165) is 128 Å². The van der Waals surface area contributed by atoms with Crippen LogP contribution in [0.4, 0.5) is 0 Å². The Bertz CT molecular complexity index is 4410. The zero-order valence-electron chi connectivity index (χ0n) is 39.8. The van der Waals surface area contributed by atoms with Crippen molar-refractivity contribution in [1.29, 1.82) is 0 Å². The van der Waals surface area contributed by atoms with Crippen molar-refractivity contribution < 1.29 is 28.4 Å². The number of rotatable bonds is 6. The molecule has 0 N–H and O–H groups in total. The van der Waals surface area contributed by atoms with Crippen LogP contribution in [-0.2, 0) is 0 Å². The molecule has 13 rings (SSSR count). The lowest BCUT2D eigenvalue weighted by molar-refractivity contribution is 0.362. The van der Waals surface area contributed by atoms with Gasteiger partial charge in [0.05, 0.1) is 42.7 Å². The molecule has 0 radical (unpaired) electrons. The Labute approximate surface area is 410 Å². The van der Waals surface area contributed by atoms with Crippen molar-refractivity contribution in [1.82, 2.24) is 0 Å². The monoisotopic (exact) mass is 924 g/mol. The number of ether oxygens (including phenoxy) is 6. The van der Waals surface area contributed by atoms with Crippen LogP contribution in [0.5, 0.6) is 34.5 Å². The fourth-order valence-electron chi connectivity index (χ4n) is 11.2. The van der Waals surface area contributed by atoms with Gasteiger partial charge < -0.3 is 28.4 Å². The Hall–Kier alpha value is -10.1. The van der Waals surface area contributed by atoms with Gasteiger partial charge in [0.1, 0.15) is 0 Å². The highest BCUT2D eigenvalue weighted by Crippen LogP contribution is 2.48. The second-order valence-corrected chi connectivity index (χ2v) is 17.4. The molecule has 1 aliphatic rings. The van der Waals surface area contributed by atoms with Crippen LogP contribution in [0.2, 0.25) is 0 Å². The van der Waals surface area contributed by atoms with Crippen LogP contribution in [0, 0.1) is 0 Å². The third kappa shape index (κ3) is 5.89. The first-order valence-electron chi connectivity index (χ1n) is 23.1. The lowest BCUT2D eigenvalue weighted by Gasteiger charge is -2.18. The highest BCUT2D eigenvalue weighted by molar-refractivity contribution is 6.29. The SMILES string of the molecule is COc1c(OC)c2ccc3c4ccc5c(ccc1c5c24)=C=C=C=C=c1ccc2c(OC)c(OC)c4ccc(c5ccc1c2c45)=C=C=C=C=c1ccc2c(OC)c(OC)c4ccc(c5ccc1c2c45)=C=C=C=C=3. The topological polar surface area (TPSA) is 55.4 Å². The molecule has 0 unspecified atom stereocenters. The molecule has 6 bridgehead atoms. The molecular weight excluding hydrogens is 889 g/mol. The lowest BCUT2D eigenvalue weighted by atomic mass is 9.91. The predicted octanol–water partition coefficient (Wildman–Crippen LogP) is 9.72. The van der Waals surface area contributed by atoms with E-state index in [9.17, 15) is 0 Å². The first kappa shape index (κ1) is 42.1. The molecule has 12 aromatic carbocycles. The Kier molecular flexibility index (Phi) is 9.51. The normalized spacial score (nSPS) is 11.8. The minimum absolute atomic E-state index is 0.652. The number of methoxy groups -OCH3 is 6. The maximum atomic E-state index is 6.05. The number of hydrogen-bond donors (Lipinski definition) is 0. The first-order valence-corrected chi connectivity index (χ1v) is 23.1. The maximum Gasteiger partial charge on any atom is 0.169 e. The summed E-state index contributed by atoms with van der Waals surface area (Å²) in [7, 11) is 10.0. The van der Waals surface area contributed by atoms with Gasteiger partial charge in [-0.1, -0.05) is 70.8 Å². The van der Waals surface area contributed by atoms with Crippen molar-refractivity contribution >= 4 is 131 Å². The molecule has 0 aliphatic heterocycles. The smallest absolute Gasteiger partial charge is 0.169 e. The number of benzene rings is 12. The summed E-state index contributed by atoms with van der Waals surface area (Å²) in [6.45, 7) is 0. The van der Waals surface area contributed by atoms with E-state index in [-0.39, 0.29) is 0 Å². The Balaban J connectivity index is 1.27. The summed E-state index contributed by atoms with van der Waals surface area (Å²) in [5.74, 6) is 3.91. The molecule has 0 saturated carbocycles. The van der Waals surface area contributed by atoms with Crippen LogP contribution in [0.25, 0.3) is 131 Å². The fourth-order valence-corrected chi connectivity index (χ4v) is 11.2. The molecular formula is C66H36O6. The van der Waals surface area contributed by atoms with E-state index >= 15 is 0 Å². The van der Waals surface area contributed by atoms with E-state index < -0.39 is 0 Å². The van der Waals surface area contributed by atoms with Gasteiger partial charge in [-0.05, 0) is 140 Å². The molecule has 6 heteroatoms. The van der Waals surface area contributed by atoms with Gasteiger partial charge >= 0.3 is 0 Å². The highest BCUT2D eigenvalue weighted by Gasteiger charge is 2.23. The molecule has 0 spiro atoms. The molecule has 336 valence electrons. The van der Waals surface area contributed by atoms with Crippen LogP contribution < -0.4 is 59.7 Å². The first-order chi connectivity index (χ1) is 35.5. The molecule has 72 heavy (non-hydrogen) atoms. The molecule has 0 atom stereocenters. The molecule has 0 aromatic heterocycles. The van der Waals surface area contributed by atoms with Crippen LogP contribution in [0.1, 0.15) is 0 Å². The molecule has 0 heterocycles. The summed E-state index contributed by atoms with van der Waals surface area (Å²) in [6, 6.07) is 37.0. The number of hydrogen-bond acceptors (Lipinski definition) is 6. The Morgan fingerprint density at radius 1 is 0.194 bits per heavy atom. The second-order valence-electron chi connectivity index (χ2n) is 17.4. The van der Waals surface area contributed by atoms with Crippen LogP contribution in [0.15, 0.2) is 144 Å². The van der Waals surface area contributed by atoms with Crippen molar-refractivity contribution in [2.75, 3.05) is 42.7 Å². The summed E-state index contributed by atoms with van der Waals surface area (Å²) in [6.07, 6.45) is 0. The molecule has 0 amide bonds. The summed E-state index contributed by atoms with van der Waals surface area (Å²) in [4.78, 5) is 0. The van der Waals surface area contributed by atoms with E-state index in [1.807, 2.05) is 72.8 Å². The van der Waals surface area contributed by atoms with Gasteiger partial charge in [-0.3, -0.25) is 0 Å². The second kappa shape index (κ2) is 16.3. The van der Waals surface area contributed by atoms with Crippen molar-refractivity contribution in [3.63, 3.8) is 0 Å². The summed E-state index contributed by atoms with van der Waals surface area (Å²) >= 11 is 0.